The molecule has 3 N–H and O–H groups in total. The molecule has 0 spiro atoms. The number of aromatic nitrogens is 1. The van der Waals surface area contributed by atoms with Gasteiger partial charge in [-0.05, 0) is 36.8 Å². The largest absolute Gasteiger partial charge is 0.328 e. The van der Waals surface area contributed by atoms with Crippen LogP contribution >= 0.6 is 0 Å². The zero-order chi connectivity index (χ0) is 20.1. The van der Waals surface area contributed by atoms with Crippen molar-refractivity contribution in [3.8, 4) is 0 Å². The van der Waals surface area contributed by atoms with Gasteiger partial charge in [-0.1, -0.05) is 6.07 Å². The minimum atomic E-state index is 0.0429. The SMILES string of the molecule is O=C(CC[NH+]1CCN(c2cccc[nH+]2)CC1)Nc1ccc(N2CCCC2=O)cc1. The van der Waals surface area contributed by atoms with Crippen LogP contribution in [0.3, 0.4) is 0 Å². The van der Waals surface area contributed by atoms with Crippen molar-refractivity contribution in [1.82, 2.24) is 0 Å². The average Bonchev–Trinajstić information content (AvgIpc) is 3.20. The number of nitrogens with zero attached hydrogens (tertiary/aromatic N) is 2. The standard InChI is InChI=1S/C22H27N5O2/c28-21(24-18-6-8-19(9-7-18)27-12-3-5-22(27)29)10-13-25-14-16-26(17-15-25)20-4-1-2-11-23-20/h1-2,4,6-9,11H,3,5,10,12-17H2,(H,24,28)/p+2. The Bertz CT molecular complexity index is 832. The second-order valence-corrected chi connectivity index (χ2v) is 7.73. The number of hydrogen-bond donors (Lipinski definition) is 2. The Labute approximate surface area is 171 Å². The molecule has 0 saturated carbocycles. The van der Waals surface area contributed by atoms with Crippen LogP contribution < -0.4 is 25.0 Å². The molecule has 0 unspecified atom stereocenters. The van der Waals surface area contributed by atoms with Crippen LogP contribution in [0, 0.1) is 0 Å². The molecule has 152 valence electrons. The van der Waals surface area contributed by atoms with Crippen LogP contribution in [-0.4, -0.2) is 51.1 Å². The number of hydrogen-bond acceptors (Lipinski definition) is 3. The first-order valence-electron chi connectivity index (χ1n) is 10.4. The maximum atomic E-state index is 12.3. The number of quaternary nitrogens is 1. The predicted molar refractivity (Wildman–Crippen MR) is 112 cm³/mol. The summed E-state index contributed by atoms with van der Waals surface area (Å²) in [5, 5.41) is 2.97. The van der Waals surface area contributed by atoms with E-state index < -0.39 is 0 Å². The van der Waals surface area contributed by atoms with E-state index in [0.29, 0.717) is 12.8 Å². The third kappa shape index (κ3) is 4.92. The van der Waals surface area contributed by atoms with E-state index in [1.165, 1.54) is 4.90 Å². The van der Waals surface area contributed by atoms with Crippen molar-refractivity contribution in [3.05, 3.63) is 48.7 Å². The summed E-state index contributed by atoms with van der Waals surface area (Å²) >= 11 is 0. The van der Waals surface area contributed by atoms with Gasteiger partial charge in [0.25, 0.3) is 5.82 Å². The molecule has 2 amide bonds. The van der Waals surface area contributed by atoms with Crippen molar-refractivity contribution in [2.75, 3.05) is 54.4 Å². The van der Waals surface area contributed by atoms with Gasteiger partial charge in [0, 0.05) is 30.4 Å². The van der Waals surface area contributed by atoms with Crippen LogP contribution in [0.25, 0.3) is 0 Å². The summed E-state index contributed by atoms with van der Waals surface area (Å²) < 4.78 is 0. The maximum Gasteiger partial charge on any atom is 0.274 e. The number of benzene rings is 1. The first kappa shape index (κ1) is 19.4. The fraction of sp³-hybridized carbons (Fsp3) is 0.409. The molecule has 3 heterocycles. The zero-order valence-corrected chi connectivity index (χ0v) is 16.7. The number of H-pyrrole nitrogens is 1. The summed E-state index contributed by atoms with van der Waals surface area (Å²) in [4.78, 5) is 33.1. The van der Waals surface area contributed by atoms with Crippen LogP contribution in [0.4, 0.5) is 17.2 Å². The monoisotopic (exact) mass is 395 g/mol. The van der Waals surface area contributed by atoms with Crippen LogP contribution in [0.1, 0.15) is 19.3 Å². The molecule has 2 aliphatic rings. The zero-order valence-electron chi connectivity index (χ0n) is 16.7. The first-order valence-corrected chi connectivity index (χ1v) is 10.4. The number of aromatic amines is 1. The lowest BCUT2D eigenvalue weighted by atomic mass is 10.2. The smallest absolute Gasteiger partial charge is 0.274 e. The summed E-state index contributed by atoms with van der Waals surface area (Å²) in [5.41, 5.74) is 1.69. The van der Waals surface area contributed by atoms with Crippen molar-refractivity contribution in [2.45, 2.75) is 19.3 Å². The molecule has 4 rings (SSSR count). The van der Waals surface area contributed by atoms with Crippen molar-refractivity contribution in [1.29, 1.82) is 0 Å². The number of rotatable bonds is 6. The summed E-state index contributed by atoms with van der Waals surface area (Å²) in [7, 11) is 0. The lowest BCUT2D eigenvalue weighted by molar-refractivity contribution is -0.900. The van der Waals surface area contributed by atoms with Crippen molar-refractivity contribution >= 4 is 29.0 Å². The topological polar surface area (TPSA) is 71.2 Å². The molecule has 2 aromatic rings. The van der Waals surface area contributed by atoms with Crippen LogP contribution in [0.2, 0.25) is 0 Å². The molecule has 2 aliphatic heterocycles. The maximum absolute atomic E-state index is 12.3. The molecule has 2 fully saturated rings. The molecule has 0 aliphatic carbocycles. The number of carbonyl (C=O) groups excluding carboxylic acids is 2. The molecule has 7 nitrogen and oxygen atoms in total. The van der Waals surface area contributed by atoms with Gasteiger partial charge in [0.2, 0.25) is 11.8 Å². The molecule has 0 radical (unpaired) electrons. The number of nitrogens with one attached hydrogen (secondary N) is 3. The lowest BCUT2D eigenvalue weighted by Gasteiger charge is -2.28. The van der Waals surface area contributed by atoms with Crippen molar-refractivity contribution in [3.63, 3.8) is 0 Å². The Morgan fingerprint density at radius 2 is 1.86 bits per heavy atom. The number of amides is 2. The molecule has 1 aromatic carbocycles. The Morgan fingerprint density at radius 3 is 2.52 bits per heavy atom. The molecular formula is C22H29N5O2+2. The number of piperazine rings is 1. The van der Waals surface area contributed by atoms with E-state index in [-0.39, 0.29) is 11.8 Å². The van der Waals surface area contributed by atoms with Gasteiger partial charge in [-0.25, -0.2) is 4.98 Å². The number of anilines is 3. The lowest BCUT2D eigenvalue weighted by Crippen LogP contribution is -3.15. The van der Waals surface area contributed by atoms with Gasteiger partial charge < -0.3 is 15.1 Å². The Kier molecular flexibility index (Phi) is 6.05. The quantitative estimate of drug-likeness (QED) is 0.742. The Hall–Kier alpha value is -2.93. The second kappa shape index (κ2) is 9.05. The van der Waals surface area contributed by atoms with Gasteiger partial charge >= 0.3 is 0 Å². The molecule has 2 saturated heterocycles. The second-order valence-electron chi connectivity index (χ2n) is 7.73. The van der Waals surface area contributed by atoms with Gasteiger partial charge in [-0.3, -0.25) is 14.5 Å². The van der Waals surface area contributed by atoms with E-state index in [9.17, 15) is 9.59 Å². The molecule has 0 bridgehead atoms. The van der Waals surface area contributed by atoms with E-state index in [2.05, 4.69) is 21.3 Å². The normalized spacial score (nSPS) is 17.6. The molecule has 0 atom stereocenters. The van der Waals surface area contributed by atoms with Crippen LogP contribution in [-0.2, 0) is 9.59 Å². The van der Waals surface area contributed by atoms with Gasteiger partial charge in [0.15, 0.2) is 0 Å². The van der Waals surface area contributed by atoms with E-state index in [1.807, 2.05) is 47.5 Å². The molecule has 7 heteroatoms. The highest BCUT2D eigenvalue weighted by Crippen LogP contribution is 2.23. The van der Waals surface area contributed by atoms with Gasteiger partial charge in [0.1, 0.15) is 26.2 Å². The van der Waals surface area contributed by atoms with Gasteiger partial charge in [-0.15, -0.1) is 0 Å². The minimum absolute atomic E-state index is 0.0429. The van der Waals surface area contributed by atoms with E-state index >= 15 is 0 Å². The van der Waals surface area contributed by atoms with Crippen LogP contribution in [0.5, 0.6) is 0 Å². The number of carbonyl (C=O) groups is 2. The minimum Gasteiger partial charge on any atom is -0.328 e. The van der Waals surface area contributed by atoms with Crippen molar-refractivity contribution in [2.24, 2.45) is 0 Å². The first-order chi connectivity index (χ1) is 14.2. The third-order valence-corrected chi connectivity index (χ3v) is 5.75. The van der Waals surface area contributed by atoms with Crippen molar-refractivity contribution < 1.29 is 19.5 Å². The fourth-order valence-corrected chi connectivity index (χ4v) is 4.05. The summed E-state index contributed by atoms with van der Waals surface area (Å²) in [6.07, 6.45) is 4.00. The summed E-state index contributed by atoms with van der Waals surface area (Å²) in [5.74, 6) is 1.37. The predicted octanol–water partition coefficient (Wildman–Crippen LogP) is 0.361. The molecular weight excluding hydrogens is 366 g/mol. The van der Waals surface area contributed by atoms with E-state index in [0.717, 1.165) is 62.9 Å². The average molecular weight is 396 g/mol. The highest BCUT2D eigenvalue weighted by Gasteiger charge is 2.26. The Balaban J connectivity index is 1.20. The van der Waals surface area contributed by atoms with Gasteiger partial charge in [-0.2, -0.15) is 0 Å². The summed E-state index contributed by atoms with van der Waals surface area (Å²) in [6.45, 7) is 5.69. The highest BCUT2D eigenvalue weighted by atomic mass is 16.2. The summed E-state index contributed by atoms with van der Waals surface area (Å²) in [6, 6.07) is 13.7. The van der Waals surface area contributed by atoms with Gasteiger partial charge in [0.05, 0.1) is 19.2 Å². The molecule has 29 heavy (non-hydrogen) atoms. The van der Waals surface area contributed by atoms with Crippen LogP contribution in [0.15, 0.2) is 48.7 Å². The highest BCUT2D eigenvalue weighted by molar-refractivity contribution is 5.96. The Morgan fingerprint density at radius 1 is 1.07 bits per heavy atom. The molecule has 1 aromatic heterocycles. The third-order valence-electron chi connectivity index (χ3n) is 5.75. The number of pyridine rings is 1. The fourth-order valence-electron chi connectivity index (χ4n) is 4.05. The van der Waals surface area contributed by atoms with E-state index in [1.54, 1.807) is 0 Å². The van der Waals surface area contributed by atoms with E-state index in [4.69, 9.17) is 0 Å².